The number of nitrogens with zero attached hydrogens (tertiary/aromatic N) is 1. The van der Waals surface area contributed by atoms with Crippen molar-refractivity contribution in [2.24, 2.45) is 5.73 Å². The van der Waals surface area contributed by atoms with Crippen LogP contribution in [-0.2, 0) is 18.3 Å². The van der Waals surface area contributed by atoms with Gasteiger partial charge in [0.2, 0.25) is 0 Å². The van der Waals surface area contributed by atoms with Crippen molar-refractivity contribution >= 4 is 7.82 Å². The lowest BCUT2D eigenvalue weighted by Crippen LogP contribution is -2.33. The zero-order chi connectivity index (χ0) is 40.4. The van der Waals surface area contributed by atoms with Crippen molar-refractivity contribution in [2.75, 3.05) is 46.5 Å². The second kappa shape index (κ2) is 41.1. The molecular weight excluding hydrogens is 707 g/mol. The third kappa shape index (κ3) is 40.9. The molecule has 4 N–H and O–H groups in total. The molecule has 0 aliphatic carbocycles. The van der Waals surface area contributed by atoms with Crippen molar-refractivity contribution in [1.29, 1.82) is 0 Å². The second-order valence-corrected chi connectivity index (χ2v) is 16.9. The summed E-state index contributed by atoms with van der Waals surface area (Å²) in [5.74, 6) is -1.05. The quantitative estimate of drug-likeness (QED) is 0.0242. The molecule has 8 nitrogen and oxygen atoms in total. The molecule has 0 aromatic rings. The van der Waals surface area contributed by atoms with E-state index in [0.717, 1.165) is 57.9 Å². The van der Waals surface area contributed by atoms with E-state index >= 15 is 0 Å². The number of unbranched alkanes of at least 4 members (excludes halogenated alkanes) is 19. The van der Waals surface area contributed by atoms with Crippen molar-refractivity contribution in [2.45, 2.75) is 199 Å². The third-order valence-electron chi connectivity index (χ3n) is 9.94. The molecule has 0 saturated heterocycles. The number of phosphoric ester groups is 1. The first kappa shape index (κ1) is 53.9. The topological polar surface area (TPSA) is 114 Å². The van der Waals surface area contributed by atoms with Crippen molar-refractivity contribution < 1.29 is 28.3 Å². The molecule has 0 spiro atoms. The van der Waals surface area contributed by atoms with Gasteiger partial charge in [-0.25, -0.2) is 4.57 Å². The fraction of sp³-hybridized carbons (Fsp3) is 0.826. The standard InChI is InChI=1S/C46H89N2O6P/c1-4-6-8-10-12-14-16-18-20-22-24-26-28-30-32-34-38-46(49,52-43-37-36-41-48(3)42-45-54-55(50,51)53-44-40-47)39-35-33-31-29-27-25-23-21-19-17-15-13-11-9-7-5-2/h12-15,18-21,49H,4-11,16-17,22-45,47H2,1-3H3,(H,50,51)/b14-12-,15-13-,20-18-,21-19-. The van der Waals surface area contributed by atoms with E-state index in [1.807, 2.05) is 7.05 Å². The minimum atomic E-state index is -4.04. The monoisotopic (exact) mass is 797 g/mol. The average Bonchev–Trinajstić information content (AvgIpc) is 3.16. The molecular formula is C46H89N2O6P. The molecule has 9 heteroatoms. The van der Waals surface area contributed by atoms with E-state index in [4.69, 9.17) is 19.5 Å². The summed E-state index contributed by atoms with van der Waals surface area (Å²) in [5.41, 5.74) is 5.32. The highest BCUT2D eigenvalue weighted by atomic mass is 31.2. The molecule has 0 amide bonds. The first-order valence-electron chi connectivity index (χ1n) is 22.8. The van der Waals surface area contributed by atoms with Crippen LogP contribution in [0.3, 0.4) is 0 Å². The Bertz CT molecular complexity index is 924. The Hall–Kier alpha value is -1.09. The maximum atomic E-state index is 11.8. The Morgan fingerprint density at radius 3 is 1.42 bits per heavy atom. The molecule has 0 heterocycles. The van der Waals surface area contributed by atoms with Crippen LogP contribution in [0.2, 0.25) is 0 Å². The lowest BCUT2D eigenvalue weighted by Gasteiger charge is -2.29. The number of nitrogens with two attached hydrogens (primary N) is 1. The summed E-state index contributed by atoms with van der Waals surface area (Å²) >= 11 is 0. The molecule has 0 rings (SSSR count). The van der Waals surface area contributed by atoms with Crippen molar-refractivity contribution in [3.05, 3.63) is 48.6 Å². The predicted octanol–water partition coefficient (Wildman–Crippen LogP) is 12.9. The van der Waals surface area contributed by atoms with E-state index in [1.54, 1.807) is 0 Å². The smallest absolute Gasteiger partial charge is 0.365 e. The van der Waals surface area contributed by atoms with E-state index < -0.39 is 13.6 Å². The second-order valence-electron chi connectivity index (χ2n) is 15.4. The van der Waals surface area contributed by atoms with Crippen LogP contribution in [0.1, 0.15) is 194 Å². The predicted molar refractivity (Wildman–Crippen MR) is 236 cm³/mol. The largest absolute Gasteiger partial charge is 0.472 e. The van der Waals surface area contributed by atoms with E-state index in [-0.39, 0.29) is 19.8 Å². The molecule has 0 aliphatic heterocycles. The summed E-state index contributed by atoms with van der Waals surface area (Å²) in [7, 11) is -2.08. The summed E-state index contributed by atoms with van der Waals surface area (Å²) in [6, 6.07) is 0. The molecule has 324 valence electrons. The zero-order valence-corrected chi connectivity index (χ0v) is 37.1. The van der Waals surface area contributed by atoms with Gasteiger partial charge >= 0.3 is 7.82 Å². The number of hydrogen-bond acceptors (Lipinski definition) is 7. The van der Waals surface area contributed by atoms with E-state index in [9.17, 15) is 14.6 Å². The number of rotatable bonds is 43. The van der Waals surface area contributed by atoms with Crippen molar-refractivity contribution in [3.8, 4) is 0 Å². The van der Waals surface area contributed by atoms with Gasteiger partial charge in [0, 0.05) is 25.9 Å². The maximum Gasteiger partial charge on any atom is 0.472 e. The molecule has 0 aliphatic rings. The SMILES string of the molecule is CCCCC/C=C\C/C=C\CCCCCCCCC(O)(CCCCCCCC/C=C\C/C=C\CCCCC)OCCCCN(C)CCOP(=O)(O)OCCN. The Labute approximate surface area is 340 Å². The van der Waals surface area contributed by atoms with Gasteiger partial charge in [-0.05, 0) is 103 Å². The highest BCUT2D eigenvalue weighted by molar-refractivity contribution is 7.47. The third-order valence-corrected chi connectivity index (χ3v) is 11.0. The molecule has 0 saturated carbocycles. The summed E-state index contributed by atoms with van der Waals surface area (Å²) in [6.45, 7) is 6.61. The van der Waals surface area contributed by atoms with Gasteiger partial charge in [-0.2, -0.15) is 0 Å². The number of phosphoric acid groups is 1. The molecule has 1 atom stereocenters. The molecule has 0 radical (unpaired) electrons. The normalized spacial score (nSPS) is 13.9. The van der Waals surface area contributed by atoms with Gasteiger partial charge in [-0.3, -0.25) is 9.05 Å². The van der Waals surface area contributed by atoms with E-state index in [2.05, 4.69) is 67.4 Å². The van der Waals surface area contributed by atoms with Crippen LogP contribution in [0.25, 0.3) is 0 Å². The lowest BCUT2D eigenvalue weighted by molar-refractivity contribution is -0.213. The van der Waals surface area contributed by atoms with Crippen LogP contribution in [-0.4, -0.2) is 67.2 Å². The Morgan fingerprint density at radius 1 is 0.545 bits per heavy atom. The Morgan fingerprint density at radius 2 is 0.964 bits per heavy atom. The van der Waals surface area contributed by atoms with Crippen LogP contribution >= 0.6 is 7.82 Å². The van der Waals surface area contributed by atoms with Gasteiger partial charge in [0.25, 0.3) is 0 Å². The minimum absolute atomic E-state index is 0.0121. The molecule has 0 aromatic carbocycles. The van der Waals surface area contributed by atoms with Crippen LogP contribution in [0, 0.1) is 0 Å². The van der Waals surface area contributed by atoms with Crippen LogP contribution in [0.4, 0.5) is 0 Å². The van der Waals surface area contributed by atoms with Crippen LogP contribution in [0.5, 0.6) is 0 Å². The summed E-state index contributed by atoms with van der Waals surface area (Å²) in [4.78, 5) is 11.7. The molecule has 55 heavy (non-hydrogen) atoms. The van der Waals surface area contributed by atoms with Crippen molar-refractivity contribution in [1.82, 2.24) is 4.90 Å². The Kier molecular flexibility index (Phi) is 40.3. The summed E-state index contributed by atoms with van der Waals surface area (Å²) in [6.07, 6.45) is 50.7. The molecule has 1 unspecified atom stereocenters. The maximum absolute atomic E-state index is 11.8. The van der Waals surface area contributed by atoms with Crippen LogP contribution < -0.4 is 5.73 Å². The van der Waals surface area contributed by atoms with Gasteiger partial charge in [-0.1, -0.05) is 140 Å². The van der Waals surface area contributed by atoms with Gasteiger partial charge in [0.05, 0.1) is 19.8 Å². The van der Waals surface area contributed by atoms with Crippen LogP contribution in [0.15, 0.2) is 48.6 Å². The number of allylic oxidation sites excluding steroid dienone is 8. The molecule has 0 fully saturated rings. The van der Waals surface area contributed by atoms with Gasteiger partial charge in [0.15, 0.2) is 5.79 Å². The lowest BCUT2D eigenvalue weighted by atomic mass is 9.98. The molecule has 0 bridgehead atoms. The average molecular weight is 797 g/mol. The number of likely N-dealkylation sites (N-methyl/N-ethyl adjacent to an activating group) is 1. The fourth-order valence-corrected chi connectivity index (χ4v) is 7.15. The minimum Gasteiger partial charge on any atom is -0.365 e. The number of hydrogen-bond donors (Lipinski definition) is 3. The van der Waals surface area contributed by atoms with Gasteiger partial charge in [-0.15, -0.1) is 0 Å². The van der Waals surface area contributed by atoms with E-state index in [1.165, 1.54) is 116 Å². The van der Waals surface area contributed by atoms with Gasteiger partial charge in [0.1, 0.15) is 0 Å². The summed E-state index contributed by atoms with van der Waals surface area (Å²) in [5, 5.41) is 11.6. The van der Waals surface area contributed by atoms with Gasteiger partial charge < -0.3 is 25.4 Å². The number of ether oxygens (including phenoxy) is 1. The van der Waals surface area contributed by atoms with E-state index in [0.29, 0.717) is 26.0 Å². The highest BCUT2D eigenvalue weighted by Crippen LogP contribution is 2.42. The summed E-state index contributed by atoms with van der Waals surface area (Å²) < 4.78 is 27.8. The number of aliphatic hydroxyl groups is 1. The highest BCUT2D eigenvalue weighted by Gasteiger charge is 2.26. The molecule has 0 aromatic heterocycles. The first-order valence-corrected chi connectivity index (χ1v) is 24.2. The zero-order valence-electron chi connectivity index (χ0n) is 36.2. The fourth-order valence-electron chi connectivity index (χ4n) is 6.42. The Balaban J connectivity index is 4.38. The van der Waals surface area contributed by atoms with Crippen molar-refractivity contribution in [3.63, 3.8) is 0 Å². The first-order chi connectivity index (χ1) is 26.8.